The maximum atomic E-state index is 13.2. The Kier molecular flexibility index (Phi) is 8.66. The molecule has 3 amide bonds. The first-order chi connectivity index (χ1) is 17.9. The third-order valence-electron chi connectivity index (χ3n) is 5.62. The summed E-state index contributed by atoms with van der Waals surface area (Å²) in [7, 11) is 1.58. The van der Waals surface area contributed by atoms with Crippen molar-refractivity contribution < 1.29 is 19.1 Å². The van der Waals surface area contributed by atoms with Crippen LogP contribution in [0.1, 0.15) is 22.3 Å². The molecule has 2 N–H and O–H groups in total. The number of benzene rings is 3. The van der Waals surface area contributed by atoms with Crippen LogP contribution in [0.15, 0.2) is 88.3 Å². The molecule has 3 aromatic rings. The number of nitrogens with one attached hydrogen (secondary N) is 2. The lowest BCUT2D eigenvalue weighted by Gasteiger charge is -2.14. The van der Waals surface area contributed by atoms with E-state index in [0.717, 1.165) is 16.1 Å². The first-order valence-electron chi connectivity index (χ1n) is 11.6. The topological polar surface area (TPSA) is 87.7 Å². The third kappa shape index (κ3) is 6.60. The number of thioether (sulfide) groups is 1. The molecule has 37 heavy (non-hydrogen) atoms. The summed E-state index contributed by atoms with van der Waals surface area (Å²) >= 11 is 7.10. The average Bonchev–Trinajstić information content (AvgIpc) is 3.11. The molecule has 0 radical (unpaired) electrons. The van der Waals surface area contributed by atoms with Gasteiger partial charge in [-0.25, -0.2) is 0 Å². The number of imide groups is 1. The first-order valence-corrected chi connectivity index (χ1v) is 12.8. The molecule has 0 aliphatic carbocycles. The van der Waals surface area contributed by atoms with Gasteiger partial charge in [-0.05, 0) is 74.0 Å². The van der Waals surface area contributed by atoms with Crippen LogP contribution >= 0.6 is 23.4 Å². The lowest BCUT2D eigenvalue weighted by atomic mass is 10.2. The highest BCUT2D eigenvalue weighted by molar-refractivity contribution is 8.04. The Morgan fingerprint density at radius 2 is 1.57 bits per heavy atom. The van der Waals surface area contributed by atoms with Gasteiger partial charge in [0.05, 0.1) is 0 Å². The second kappa shape index (κ2) is 12.1. The largest absolute Gasteiger partial charge is 0.385 e. The Morgan fingerprint density at radius 3 is 2.22 bits per heavy atom. The molecule has 0 bridgehead atoms. The van der Waals surface area contributed by atoms with Gasteiger partial charge >= 0.3 is 0 Å². The van der Waals surface area contributed by atoms with Gasteiger partial charge in [0.2, 0.25) is 0 Å². The predicted molar refractivity (Wildman–Crippen MR) is 147 cm³/mol. The Hall–Kier alpha value is -3.59. The zero-order valence-electron chi connectivity index (χ0n) is 20.4. The molecule has 1 aliphatic heterocycles. The number of anilines is 2. The smallest absolute Gasteiger partial charge is 0.278 e. The van der Waals surface area contributed by atoms with Crippen LogP contribution in [-0.2, 0) is 14.3 Å². The minimum atomic E-state index is -0.365. The maximum absolute atomic E-state index is 13.2. The van der Waals surface area contributed by atoms with Crippen LogP contribution < -0.4 is 10.6 Å². The SMILES string of the molecule is COCCCN1C(=O)C(Nc2ccc(C)cc2)=C(Sc2ccc(NC(=O)c3ccc(Cl)cc3)cc2)C1=O. The highest BCUT2D eigenvalue weighted by atomic mass is 35.5. The fourth-order valence-corrected chi connectivity index (χ4v) is 4.71. The number of halogens is 1. The number of rotatable bonds is 10. The molecule has 4 rings (SSSR count). The van der Waals surface area contributed by atoms with E-state index in [-0.39, 0.29) is 30.0 Å². The summed E-state index contributed by atoms with van der Waals surface area (Å²) in [6.45, 7) is 2.70. The number of nitrogens with zero attached hydrogens (tertiary/aromatic N) is 1. The van der Waals surface area contributed by atoms with Crippen molar-refractivity contribution in [3.63, 3.8) is 0 Å². The van der Waals surface area contributed by atoms with Crippen molar-refractivity contribution >= 4 is 52.5 Å². The highest BCUT2D eigenvalue weighted by Crippen LogP contribution is 2.36. The first kappa shape index (κ1) is 26.5. The number of ether oxygens (including phenoxy) is 1. The van der Waals surface area contributed by atoms with Crippen LogP contribution in [0, 0.1) is 6.92 Å². The van der Waals surface area contributed by atoms with Crippen LogP contribution in [0.3, 0.4) is 0 Å². The minimum absolute atomic E-state index is 0.247. The van der Waals surface area contributed by atoms with Crippen molar-refractivity contribution in [1.29, 1.82) is 0 Å². The molecule has 0 saturated heterocycles. The second-order valence-electron chi connectivity index (χ2n) is 8.39. The van der Waals surface area contributed by atoms with E-state index in [1.165, 1.54) is 16.7 Å². The molecule has 1 heterocycles. The lowest BCUT2D eigenvalue weighted by Crippen LogP contribution is -2.33. The quantitative estimate of drug-likeness (QED) is 0.255. The molecule has 0 atom stereocenters. The third-order valence-corrected chi connectivity index (χ3v) is 6.96. The van der Waals surface area contributed by atoms with E-state index in [4.69, 9.17) is 16.3 Å². The van der Waals surface area contributed by atoms with Gasteiger partial charge in [0.25, 0.3) is 17.7 Å². The number of hydrogen-bond donors (Lipinski definition) is 2. The van der Waals surface area contributed by atoms with E-state index in [0.29, 0.717) is 34.2 Å². The van der Waals surface area contributed by atoms with Gasteiger partial charge in [-0.15, -0.1) is 0 Å². The molecular formula is C28H26ClN3O4S. The van der Waals surface area contributed by atoms with E-state index >= 15 is 0 Å². The summed E-state index contributed by atoms with van der Waals surface area (Å²) in [5, 5.41) is 6.54. The van der Waals surface area contributed by atoms with Crippen LogP contribution in [0.4, 0.5) is 11.4 Å². The normalized spacial score (nSPS) is 13.3. The number of aryl methyl sites for hydroxylation is 1. The summed E-state index contributed by atoms with van der Waals surface area (Å²) in [4.78, 5) is 41.2. The van der Waals surface area contributed by atoms with Crippen molar-refractivity contribution in [2.45, 2.75) is 18.2 Å². The molecule has 3 aromatic carbocycles. The van der Waals surface area contributed by atoms with E-state index in [1.54, 1.807) is 55.6 Å². The monoisotopic (exact) mass is 535 g/mol. The van der Waals surface area contributed by atoms with Crippen molar-refractivity contribution in [2.75, 3.05) is 30.9 Å². The summed E-state index contributed by atoms with van der Waals surface area (Å²) in [6.07, 6.45) is 0.547. The number of carbonyl (C=O) groups is 3. The van der Waals surface area contributed by atoms with Gasteiger partial charge in [-0.1, -0.05) is 41.1 Å². The van der Waals surface area contributed by atoms with E-state index in [1.807, 2.05) is 31.2 Å². The number of methoxy groups -OCH3 is 1. The Balaban J connectivity index is 1.52. The van der Waals surface area contributed by atoms with E-state index < -0.39 is 0 Å². The Bertz CT molecular complexity index is 1320. The van der Waals surface area contributed by atoms with Gasteiger partial charge in [-0.3, -0.25) is 19.3 Å². The van der Waals surface area contributed by atoms with Crippen LogP contribution in [0.5, 0.6) is 0 Å². The molecule has 0 spiro atoms. The van der Waals surface area contributed by atoms with Crippen molar-refractivity contribution in [1.82, 2.24) is 4.90 Å². The van der Waals surface area contributed by atoms with Crippen molar-refractivity contribution in [2.24, 2.45) is 0 Å². The van der Waals surface area contributed by atoms with Crippen molar-refractivity contribution in [3.8, 4) is 0 Å². The number of hydrogen-bond acceptors (Lipinski definition) is 6. The molecule has 0 unspecified atom stereocenters. The summed E-state index contributed by atoms with van der Waals surface area (Å²) in [6, 6.07) is 21.3. The van der Waals surface area contributed by atoms with Crippen molar-refractivity contribution in [3.05, 3.63) is 99.5 Å². The maximum Gasteiger partial charge on any atom is 0.278 e. The lowest BCUT2D eigenvalue weighted by molar-refractivity contribution is -0.137. The zero-order chi connectivity index (χ0) is 26.4. The molecule has 9 heteroatoms. The molecular weight excluding hydrogens is 510 g/mol. The summed E-state index contributed by atoms with van der Waals surface area (Å²) in [5.41, 5.74) is 3.15. The Morgan fingerprint density at radius 1 is 0.919 bits per heavy atom. The summed E-state index contributed by atoms with van der Waals surface area (Å²) < 4.78 is 5.08. The van der Waals surface area contributed by atoms with Crippen LogP contribution in [0.2, 0.25) is 5.02 Å². The van der Waals surface area contributed by atoms with E-state index in [9.17, 15) is 14.4 Å². The van der Waals surface area contributed by atoms with Crippen LogP contribution in [0.25, 0.3) is 0 Å². The fourth-order valence-electron chi connectivity index (χ4n) is 3.64. The predicted octanol–water partition coefficient (Wildman–Crippen LogP) is 5.72. The van der Waals surface area contributed by atoms with Crippen LogP contribution in [-0.4, -0.2) is 42.9 Å². The van der Waals surface area contributed by atoms with Gasteiger partial charge in [0.15, 0.2) is 0 Å². The zero-order valence-corrected chi connectivity index (χ0v) is 22.0. The summed E-state index contributed by atoms with van der Waals surface area (Å²) in [5.74, 6) is -0.968. The standard InChI is InChI=1S/C28H26ClN3O4S/c1-18-4-10-21(11-5-18)30-24-25(28(35)32(27(24)34)16-3-17-36-2)37-23-14-12-22(13-15-23)31-26(33)19-6-8-20(29)9-7-19/h4-15,30H,3,16-17H2,1-2H3,(H,31,33). The van der Waals surface area contributed by atoms with E-state index in [2.05, 4.69) is 10.6 Å². The molecule has 0 fully saturated rings. The molecule has 0 aromatic heterocycles. The minimum Gasteiger partial charge on any atom is -0.385 e. The molecule has 1 aliphatic rings. The van der Waals surface area contributed by atoms with Gasteiger partial charge < -0.3 is 15.4 Å². The number of carbonyl (C=O) groups excluding carboxylic acids is 3. The highest BCUT2D eigenvalue weighted by Gasteiger charge is 2.38. The van der Waals surface area contributed by atoms with Gasteiger partial charge in [0, 0.05) is 47.1 Å². The molecule has 0 saturated carbocycles. The molecule has 190 valence electrons. The van der Waals surface area contributed by atoms with Gasteiger partial charge in [0.1, 0.15) is 10.6 Å². The Labute approximate surface area is 224 Å². The second-order valence-corrected chi connectivity index (χ2v) is 9.91. The fraction of sp³-hybridized carbons (Fsp3) is 0.179. The van der Waals surface area contributed by atoms with Gasteiger partial charge in [-0.2, -0.15) is 0 Å². The number of amides is 3. The average molecular weight is 536 g/mol. The molecule has 7 nitrogen and oxygen atoms in total.